The van der Waals surface area contributed by atoms with Crippen molar-refractivity contribution in [3.05, 3.63) is 18.3 Å². The van der Waals surface area contributed by atoms with Crippen LogP contribution >= 0.6 is 0 Å². The average molecular weight is 135 g/mol. The van der Waals surface area contributed by atoms with Crippen molar-refractivity contribution >= 4 is 18.7 Å². The van der Waals surface area contributed by atoms with Crippen LogP contribution < -0.4 is 0 Å². The summed E-state index contributed by atoms with van der Waals surface area (Å²) in [6.45, 7) is 5.33. The molecule has 0 aliphatic carbocycles. The molecule has 0 aliphatic heterocycles. The maximum absolute atomic E-state index is 3.97. The van der Waals surface area contributed by atoms with E-state index in [9.17, 15) is 0 Å². The highest BCUT2D eigenvalue weighted by Crippen LogP contribution is 2.08. The van der Waals surface area contributed by atoms with E-state index in [-0.39, 0.29) is 0 Å². The summed E-state index contributed by atoms with van der Waals surface area (Å²) in [7, 11) is 0. The third-order valence-corrected chi connectivity index (χ3v) is 1.10. The van der Waals surface area contributed by atoms with Crippen LogP contribution in [0.4, 0.5) is 5.82 Å². The standard InChI is InChI=1S/C7H9N3/c1-3-6-10-7(8-2)4-5-9-10/h3-6H,2H2,1H3. The highest BCUT2D eigenvalue weighted by atomic mass is 15.3. The van der Waals surface area contributed by atoms with E-state index in [1.54, 1.807) is 16.9 Å². The zero-order valence-corrected chi connectivity index (χ0v) is 5.86. The molecule has 1 heterocycles. The topological polar surface area (TPSA) is 30.2 Å². The van der Waals surface area contributed by atoms with Gasteiger partial charge in [0.25, 0.3) is 0 Å². The Morgan fingerprint density at radius 2 is 2.60 bits per heavy atom. The molecule has 0 aliphatic rings. The fraction of sp³-hybridized carbons (Fsp3) is 0.143. The second-order valence-corrected chi connectivity index (χ2v) is 1.77. The second kappa shape index (κ2) is 2.96. The van der Waals surface area contributed by atoms with Gasteiger partial charge in [0.2, 0.25) is 0 Å². The Kier molecular flexibility index (Phi) is 1.99. The molecule has 52 valence electrons. The van der Waals surface area contributed by atoms with Crippen molar-refractivity contribution in [1.82, 2.24) is 9.78 Å². The maximum atomic E-state index is 3.97. The molecule has 0 saturated heterocycles. The number of aliphatic imine (C=N–C) groups is 1. The van der Waals surface area contributed by atoms with Gasteiger partial charge in [0, 0.05) is 12.3 Å². The number of hydrogen-bond acceptors (Lipinski definition) is 2. The fourth-order valence-electron chi connectivity index (χ4n) is 0.689. The molecule has 0 atom stereocenters. The van der Waals surface area contributed by atoms with Gasteiger partial charge in [0.1, 0.15) is 0 Å². The molecule has 0 bridgehead atoms. The van der Waals surface area contributed by atoms with E-state index in [2.05, 4.69) is 16.8 Å². The molecule has 1 aromatic rings. The van der Waals surface area contributed by atoms with E-state index >= 15 is 0 Å². The van der Waals surface area contributed by atoms with Crippen molar-refractivity contribution in [3.8, 4) is 0 Å². The molecule has 0 N–H and O–H groups in total. The van der Waals surface area contributed by atoms with Crippen molar-refractivity contribution in [3.63, 3.8) is 0 Å². The van der Waals surface area contributed by atoms with Gasteiger partial charge in [0.15, 0.2) is 5.82 Å². The van der Waals surface area contributed by atoms with Gasteiger partial charge < -0.3 is 0 Å². The zero-order valence-electron chi connectivity index (χ0n) is 5.86. The zero-order chi connectivity index (χ0) is 7.40. The lowest BCUT2D eigenvalue weighted by molar-refractivity contribution is 0.933. The number of aromatic nitrogens is 2. The van der Waals surface area contributed by atoms with Crippen molar-refractivity contribution in [2.45, 2.75) is 6.92 Å². The molecule has 0 aromatic carbocycles. The van der Waals surface area contributed by atoms with Crippen molar-refractivity contribution in [2.75, 3.05) is 0 Å². The first kappa shape index (κ1) is 6.74. The van der Waals surface area contributed by atoms with Gasteiger partial charge in [-0.15, -0.1) is 0 Å². The fourth-order valence-corrected chi connectivity index (χ4v) is 0.689. The second-order valence-electron chi connectivity index (χ2n) is 1.77. The summed E-state index contributed by atoms with van der Waals surface area (Å²) in [6.07, 6.45) is 5.40. The van der Waals surface area contributed by atoms with Gasteiger partial charge in [-0.1, -0.05) is 6.08 Å². The van der Waals surface area contributed by atoms with Crippen molar-refractivity contribution in [2.24, 2.45) is 4.99 Å². The monoisotopic (exact) mass is 135 g/mol. The van der Waals surface area contributed by atoms with Gasteiger partial charge >= 0.3 is 0 Å². The Morgan fingerprint density at radius 1 is 1.80 bits per heavy atom. The van der Waals surface area contributed by atoms with Crippen LogP contribution in [0.1, 0.15) is 6.92 Å². The molecule has 3 heteroatoms. The largest absolute Gasteiger partial charge is 0.245 e. The van der Waals surface area contributed by atoms with Gasteiger partial charge in [-0.2, -0.15) is 5.10 Å². The van der Waals surface area contributed by atoms with Crippen LogP contribution in [0, 0.1) is 0 Å². The first-order chi connectivity index (χ1) is 4.88. The summed E-state index contributed by atoms with van der Waals surface area (Å²) in [4.78, 5) is 3.75. The highest BCUT2D eigenvalue weighted by Gasteiger charge is 1.91. The van der Waals surface area contributed by atoms with E-state index in [0.717, 1.165) is 5.82 Å². The lowest BCUT2D eigenvalue weighted by Gasteiger charge is -1.91. The molecule has 10 heavy (non-hydrogen) atoms. The molecule has 0 fully saturated rings. The molecule has 1 aromatic heterocycles. The van der Waals surface area contributed by atoms with Crippen LogP contribution in [0.25, 0.3) is 6.20 Å². The molecule has 0 unspecified atom stereocenters. The number of allylic oxidation sites excluding steroid dienone is 1. The predicted molar refractivity (Wildman–Crippen MR) is 42.4 cm³/mol. The molecular formula is C7H9N3. The van der Waals surface area contributed by atoms with Gasteiger partial charge in [-0.3, -0.25) is 0 Å². The van der Waals surface area contributed by atoms with Crippen LogP contribution in [0.2, 0.25) is 0 Å². The summed E-state index contributed by atoms with van der Waals surface area (Å²) in [5.41, 5.74) is 0. The first-order valence-electron chi connectivity index (χ1n) is 3.01. The van der Waals surface area contributed by atoms with Gasteiger partial charge in [-0.25, -0.2) is 9.67 Å². The molecule has 1 rings (SSSR count). The quantitative estimate of drug-likeness (QED) is 0.568. The third-order valence-electron chi connectivity index (χ3n) is 1.10. The average Bonchev–Trinajstić information content (AvgIpc) is 2.36. The van der Waals surface area contributed by atoms with E-state index in [1.807, 2.05) is 19.2 Å². The maximum Gasteiger partial charge on any atom is 0.154 e. The van der Waals surface area contributed by atoms with Crippen LogP contribution in [-0.4, -0.2) is 16.5 Å². The predicted octanol–water partition coefficient (Wildman–Crippen LogP) is 1.71. The van der Waals surface area contributed by atoms with E-state index in [4.69, 9.17) is 0 Å². The minimum Gasteiger partial charge on any atom is -0.245 e. The number of rotatable bonds is 2. The Hall–Kier alpha value is -1.38. The van der Waals surface area contributed by atoms with Crippen LogP contribution in [0.5, 0.6) is 0 Å². The summed E-state index contributed by atoms with van der Waals surface area (Å²) in [6, 6.07) is 1.80. The van der Waals surface area contributed by atoms with E-state index in [1.165, 1.54) is 0 Å². The lowest BCUT2D eigenvalue weighted by Crippen LogP contribution is -1.85. The molecule has 0 radical (unpaired) electrons. The summed E-state index contributed by atoms with van der Waals surface area (Å²) in [5, 5.41) is 3.97. The lowest BCUT2D eigenvalue weighted by atomic mass is 10.6. The van der Waals surface area contributed by atoms with E-state index < -0.39 is 0 Å². The van der Waals surface area contributed by atoms with Crippen molar-refractivity contribution < 1.29 is 0 Å². The number of nitrogens with zero attached hydrogens (tertiary/aromatic N) is 3. The molecular weight excluding hydrogens is 126 g/mol. The minimum atomic E-state index is 0.762. The molecule has 3 nitrogen and oxygen atoms in total. The SMILES string of the molecule is C=Nc1ccnn1C=CC. The Morgan fingerprint density at radius 3 is 3.20 bits per heavy atom. The minimum absolute atomic E-state index is 0.762. The summed E-state index contributed by atoms with van der Waals surface area (Å²) < 4.78 is 1.66. The van der Waals surface area contributed by atoms with E-state index in [0.29, 0.717) is 0 Å². The molecule has 0 amide bonds. The number of hydrogen-bond donors (Lipinski definition) is 0. The summed E-state index contributed by atoms with van der Waals surface area (Å²) in [5.74, 6) is 0.762. The Balaban J connectivity index is 3.00. The van der Waals surface area contributed by atoms with Gasteiger partial charge in [-0.05, 0) is 13.6 Å². The Bertz CT molecular complexity index is 247. The van der Waals surface area contributed by atoms with Crippen LogP contribution in [0.3, 0.4) is 0 Å². The normalized spacial score (nSPS) is 10.5. The Labute approximate surface area is 59.7 Å². The van der Waals surface area contributed by atoms with Gasteiger partial charge in [0.05, 0.1) is 6.20 Å². The van der Waals surface area contributed by atoms with Crippen LogP contribution in [-0.2, 0) is 0 Å². The van der Waals surface area contributed by atoms with Crippen molar-refractivity contribution in [1.29, 1.82) is 0 Å². The van der Waals surface area contributed by atoms with Crippen LogP contribution in [0.15, 0.2) is 23.3 Å². The highest BCUT2D eigenvalue weighted by molar-refractivity contribution is 5.43. The molecule has 0 spiro atoms. The smallest absolute Gasteiger partial charge is 0.154 e. The molecule has 0 saturated carbocycles. The third kappa shape index (κ3) is 1.13. The summed E-state index contributed by atoms with van der Waals surface area (Å²) >= 11 is 0. The first-order valence-corrected chi connectivity index (χ1v) is 3.01.